The van der Waals surface area contributed by atoms with E-state index < -0.39 is 0 Å². The Bertz CT molecular complexity index is 682. The van der Waals surface area contributed by atoms with Crippen LogP contribution in [0.4, 0.5) is 10.2 Å². The molecule has 2 amide bonds. The number of benzene rings is 1. The van der Waals surface area contributed by atoms with Crippen LogP contribution in [0.5, 0.6) is 0 Å². The number of hydrogen-bond donors (Lipinski definition) is 1. The van der Waals surface area contributed by atoms with Crippen molar-refractivity contribution in [2.75, 3.05) is 11.4 Å². The third-order valence-electron chi connectivity index (χ3n) is 3.24. The summed E-state index contributed by atoms with van der Waals surface area (Å²) in [7, 11) is 0. The van der Waals surface area contributed by atoms with E-state index in [0.717, 1.165) is 5.56 Å². The fourth-order valence-electron chi connectivity index (χ4n) is 2.02. The molecule has 0 bridgehead atoms. The number of nitrogens with one attached hydrogen (secondary N) is 1. The van der Waals surface area contributed by atoms with Crippen LogP contribution in [0.1, 0.15) is 24.7 Å². The fourth-order valence-corrected chi connectivity index (χ4v) is 2.02. The Balaban J connectivity index is 1.84. The molecule has 0 fully saturated rings. The molecule has 122 valence electrons. The van der Waals surface area contributed by atoms with E-state index in [1.807, 2.05) is 0 Å². The largest absolute Gasteiger partial charge is 0.360 e. The zero-order valence-corrected chi connectivity index (χ0v) is 13.0. The molecule has 0 aliphatic rings. The molecule has 7 heteroatoms. The van der Waals surface area contributed by atoms with E-state index in [1.54, 1.807) is 25.1 Å². The molecule has 2 rings (SSSR count). The lowest BCUT2D eigenvalue weighted by Crippen LogP contribution is -2.33. The highest BCUT2D eigenvalue weighted by Gasteiger charge is 2.16. The Morgan fingerprint density at radius 1 is 1.30 bits per heavy atom. The van der Waals surface area contributed by atoms with E-state index in [9.17, 15) is 14.0 Å². The summed E-state index contributed by atoms with van der Waals surface area (Å²) in [6, 6.07) is 7.53. The third kappa shape index (κ3) is 4.91. The zero-order chi connectivity index (χ0) is 16.8. The fraction of sp³-hybridized carbons (Fsp3) is 0.312. The van der Waals surface area contributed by atoms with Crippen LogP contribution in [0.25, 0.3) is 0 Å². The van der Waals surface area contributed by atoms with Crippen LogP contribution < -0.4 is 10.2 Å². The van der Waals surface area contributed by atoms with Crippen molar-refractivity contribution < 1.29 is 18.5 Å². The second-order valence-corrected chi connectivity index (χ2v) is 5.12. The van der Waals surface area contributed by atoms with Crippen molar-refractivity contribution in [2.45, 2.75) is 26.8 Å². The minimum atomic E-state index is -0.319. The van der Waals surface area contributed by atoms with Gasteiger partial charge in [0, 0.05) is 32.5 Å². The van der Waals surface area contributed by atoms with Gasteiger partial charge in [0.25, 0.3) is 0 Å². The third-order valence-corrected chi connectivity index (χ3v) is 3.24. The van der Waals surface area contributed by atoms with Crippen LogP contribution in [-0.2, 0) is 16.1 Å². The van der Waals surface area contributed by atoms with Gasteiger partial charge in [-0.2, -0.15) is 0 Å². The highest BCUT2D eigenvalue weighted by molar-refractivity contribution is 5.91. The summed E-state index contributed by atoms with van der Waals surface area (Å²) in [6.45, 7) is 3.64. The summed E-state index contributed by atoms with van der Waals surface area (Å²) in [5.41, 5.74) is 0.801. The van der Waals surface area contributed by atoms with Gasteiger partial charge in [0.1, 0.15) is 11.6 Å². The topological polar surface area (TPSA) is 75.4 Å². The van der Waals surface area contributed by atoms with Crippen molar-refractivity contribution in [3.8, 4) is 0 Å². The number of aromatic nitrogens is 1. The summed E-state index contributed by atoms with van der Waals surface area (Å²) >= 11 is 0. The predicted octanol–water partition coefficient (Wildman–Crippen LogP) is 2.18. The van der Waals surface area contributed by atoms with Gasteiger partial charge < -0.3 is 9.84 Å². The lowest BCUT2D eigenvalue weighted by molar-refractivity contribution is -0.121. The van der Waals surface area contributed by atoms with Gasteiger partial charge in [-0.25, -0.2) is 4.39 Å². The standard InChI is InChI=1S/C16H18FN3O3/c1-11-9-15(19-23-11)20(12(2)21)8-7-16(22)18-10-13-3-5-14(17)6-4-13/h3-6,9H,7-8,10H2,1-2H3,(H,18,22). The van der Waals surface area contributed by atoms with Crippen LogP contribution in [0.3, 0.4) is 0 Å². The number of nitrogens with zero attached hydrogens (tertiary/aromatic N) is 2. The van der Waals surface area contributed by atoms with Gasteiger partial charge >= 0.3 is 0 Å². The number of aryl methyl sites for hydroxylation is 1. The van der Waals surface area contributed by atoms with E-state index in [2.05, 4.69) is 10.5 Å². The Morgan fingerprint density at radius 3 is 2.57 bits per heavy atom. The summed E-state index contributed by atoms with van der Waals surface area (Å²) in [5.74, 6) is 0.235. The Hall–Kier alpha value is -2.70. The molecular formula is C16H18FN3O3. The number of carbonyl (C=O) groups excluding carboxylic acids is 2. The van der Waals surface area contributed by atoms with Crippen molar-refractivity contribution in [1.29, 1.82) is 0 Å². The summed E-state index contributed by atoms with van der Waals surface area (Å²) in [4.78, 5) is 24.9. The maximum absolute atomic E-state index is 12.8. The van der Waals surface area contributed by atoms with Crippen LogP contribution in [0, 0.1) is 12.7 Å². The van der Waals surface area contributed by atoms with E-state index in [0.29, 0.717) is 18.1 Å². The first-order chi connectivity index (χ1) is 11.0. The summed E-state index contributed by atoms with van der Waals surface area (Å²) in [5, 5.41) is 6.51. The first-order valence-corrected chi connectivity index (χ1v) is 7.18. The molecule has 0 radical (unpaired) electrons. The lowest BCUT2D eigenvalue weighted by Gasteiger charge is -2.17. The predicted molar refractivity (Wildman–Crippen MR) is 82.1 cm³/mol. The van der Waals surface area contributed by atoms with Gasteiger partial charge in [-0.05, 0) is 24.6 Å². The van der Waals surface area contributed by atoms with Gasteiger partial charge in [0.15, 0.2) is 5.82 Å². The number of hydrogen-bond acceptors (Lipinski definition) is 4. The molecule has 1 aromatic heterocycles. The van der Waals surface area contributed by atoms with Crippen molar-refractivity contribution in [2.24, 2.45) is 0 Å². The highest BCUT2D eigenvalue weighted by atomic mass is 19.1. The van der Waals surface area contributed by atoms with Crippen molar-refractivity contribution >= 4 is 17.6 Å². The van der Waals surface area contributed by atoms with Crippen molar-refractivity contribution in [1.82, 2.24) is 10.5 Å². The molecule has 23 heavy (non-hydrogen) atoms. The van der Waals surface area contributed by atoms with Crippen molar-refractivity contribution in [3.05, 3.63) is 47.5 Å². The summed E-state index contributed by atoms with van der Waals surface area (Å²) in [6.07, 6.45) is 0.132. The molecule has 0 saturated heterocycles. The van der Waals surface area contributed by atoms with Crippen LogP contribution in [0.2, 0.25) is 0 Å². The number of halogens is 1. The van der Waals surface area contributed by atoms with Gasteiger partial charge in [-0.3, -0.25) is 14.5 Å². The van der Waals surface area contributed by atoms with Crippen LogP contribution in [0.15, 0.2) is 34.9 Å². The van der Waals surface area contributed by atoms with Gasteiger partial charge in [-0.1, -0.05) is 17.3 Å². The second-order valence-electron chi connectivity index (χ2n) is 5.12. The molecule has 0 saturated carbocycles. The molecule has 1 N–H and O–H groups in total. The van der Waals surface area contributed by atoms with E-state index in [-0.39, 0.29) is 30.6 Å². The molecule has 0 unspecified atom stereocenters. The number of rotatable bonds is 6. The zero-order valence-electron chi connectivity index (χ0n) is 13.0. The Kier molecular flexibility index (Phi) is 5.46. The monoisotopic (exact) mass is 319 g/mol. The quantitative estimate of drug-likeness (QED) is 0.885. The number of amides is 2. The maximum Gasteiger partial charge on any atom is 0.225 e. The van der Waals surface area contributed by atoms with Crippen LogP contribution >= 0.6 is 0 Å². The average Bonchev–Trinajstić information content (AvgIpc) is 2.93. The Morgan fingerprint density at radius 2 is 2.00 bits per heavy atom. The molecule has 0 spiro atoms. The molecule has 0 aliphatic carbocycles. The van der Waals surface area contributed by atoms with E-state index >= 15 is 0 Å². The van der Waals surface area contributed by atoms with Gasteiger partial charge in [-0.15, -0.1) is 0 Å². The Labute approximate surface area is 133 Å². The normalized spacial score (nSPS) is 10.4. The molecule has 6 nitrogen and oxygen atoms in total. The first-order valence-electron chi connectivity index (χ1n) is 7.18. The van der Waals surface area contributed by atoms with Gasteiger partial charge in [0.05, 0.1) is 0 Å². The first kappa shape index (κ1) is 16.7. The molecular weight excluding hydrogens is 301 g/mol. The molecule has 0 aliphatic heterocycles. The van der Waals surface area contributed by atoms with Gasteiger partial charge in [0.2, 0.25) is 11.8 Å². The molecule has 0 atom stereocenters. The molecule has 1 aromatic carbocycles. The van der Waals surface area contributed by atoms with E-state index in [4.69, 9.17) is 4.52 Å². The smallest absolute Gasteiger partial charge is 0.225 e. The molecule has 2 aromatic rings. The average molecular weight is 319 g/mol. The highest BCUT2D eigenvalue weighted by Crippen LogP contribution is 2.14. The minimum Gasteiger partial charge on any atom is -0.360 e. The second kappa shape index (κ2) is 7.53. The lowest BCUT2D eigenvalue weighted by atomic mass is 10.2. The van der Waals surface area contributed by atoms with E-state index in [1.165, 1.54) is 24.0 Å². The van der Waals surface area contributed by atoms with Crippen molar-refractivity contribution in [3.63, 3.8) is 0 Å². The number of carbonyl (C=O) groups is 2. The number of anilines is 1. The van der Waals surface area contributed by atoms with Crippen LogP contribution in [-0.4, -0.2) is 23.5 Å². The minimum absolute atomic E-state index is 0.132. The summed E-state index contributed by atoms with van der Waals surface area (Å²) < 4.78 is 17.7. The SMILES string of the molecule is CC(=O)N(CCC(=O)NCc1ccc(F)cc1)c1cc(C)on1. The maximum atomic E-state index is 12.8. The molecule has 1 heterocycles.